The fraction of sp³-hybridized carbons (Fsp3) is 0.0909. The van der Waals surface area contributed by atoms with Gasteiger partial charge in [0.2, 0.25) is 0 Å². The van der Waals surface area contributed by atoms with E-state index in [1.54, 1.807) is 30.4 Å². The van der Waals surface area contributed by atoms with Crippen LogP contribution < -0.4 is 4.74 Å². The Balaban J connectivity index is 1.56. The Morgan fingerprint density at radius 1 is 1.04 bits per heavy atom. The number of amides is 1. The molecule has 6 heteroatoms. The lowest BCUT2D eigenvalue weighted by molar-refractivity contribution is -0.121. The number of thiophene rings is 1. The lowest BCUT2D eigenvalue weighted by atomic mass is 10.1. The molecule has 3 aromatic rings. The van der Waals surface area contributed by atoms with Crippen molar-refractivity contribution in [3.63, 3.8) is 0 Å². The van der Waals surface area contributed by atoms with Crippen molar-refractivity contribution in [2.45, 2.75) is 0 Å². The van der Waals surface area contributed by atoms with Crippen LogP contribution in [-0.2, 0) is 4.79 Å². The van der Waals surface area contributed by atoms with Gasteiger partial charge in [0.25, 0.3) is 5.91 Å². The van der Waals surface area contributed by atoms with Crippen LogP contribution in [0.1, 0.15) is 4.88 Å². The van der Waals surface area contributed by atoms with Crippen molar-refractivity contribution in [3.8, 4) is 16.9 Å². The highest BCUT2D eigenvalue weighted by Gasteiger charge is 2.30. The molecule has 0 bridgehead atoms. The highest BCUT2D eigenvalue weighted by molar-refractivity contribution is 8.18. The molecule has 1 aromatic heterocycles. The highest BCUT2D eigenvalue weighted by Crippen LogP contribution is 2.35. The van der Waals surface area contributed by atoms with Gasteiger partial charge in [-0.2, -0.15) is 0 Å². The molecule has 0 saturated carbocycles. The molecular formula is C22H18N2O2S2. The Hall–Kier alpha value is -2.83. The fourth-order valence-corrected chi connectivity index (χ4v) is 4.66. The Morgan fingerprint density at radius 3 is 2.50 bits per heavy atom. The smallest absolute Gasteiger partial charge is 0.266 e. The van der Waals surface area contributed by atoms with Crippen molar-refractivity contribution in [1.82, 2.24) is 4.90 Å². The first kappa shape index (κ1) is 18.5. The van der Waals surface area contributed by atoms with Crippen LogP contribution in [0, 0.1) is 0 Å². The van der Waals surface area contributed by atoms with E-state index in [1.807, 2.05) is 48.5 Å². The zero-order valence-electron chi connectivity index (χ0n) is 15.5. The van der Waals surface area contributed by atoms with Gasteiger partial charge in [-0.25, -0.2) is 4.99 Å². The van der Waals surface area contributed by atoms with E-state index in [-0.39, 0.29) is 5.91 Å². The summed E-state index contributed by atoms with van der Waals surface area (Å²) in [5.74, 6) is 0.742. The molecule has 1 aliphatic rings. The number of thioether (sulfide) groups is 1. The maximum absolute atomic E-state index is 12.6. The largest absolute Gasteiger partial charge is 0.497 e. The average molecular weight is 407 g/mol. The van der Waals surface area contributed by atoms with Crippen LogP contribution >= 0.6 is 23.1 Å². The molecule has 0 unspecified atom stereocenters. The maximum atomic E-state index is 12.6. The minimum atomic E-state index is -0.0353. The normalized spacial score (nSPS) is 16.9. The van der Waals surface area contributed by atoms with Gasteiger partial charge in [0.05, 0.1) is 17.7 Å². The lowest BCUT2D eigenvalue weighted by Crippen LogP contribution is -2.23. The highest BCUT2D eigenvalue weighted by atomic mass is 32.2. The SMILES string of the molecule is COc1ccc(N=C2S/C(=C\c3cc(-c4ccccc4)cs3)C(=O)N2C)cc1. The number of hydrogen-bond acceptors (Lipinski definition) is 5. The Labute approximate surface area is 172 Å². The molecule has 28 heavy (non-hydrogen) atoms. The third-order valence-corrected chi connectivity index (χ3v) is 6.24. The zero-order chi connectivity index (χ0) is 19.5. The number of carbonyl (C=O) groups excluding carboxylic acids is 1. The Kier molecular flexibility index (Phi) is 5.32. The number of rotatable bonds is 4. The molecule has 2 heterocycles. The quantitative estimate of drug-likeness (QED) is 0.525. The molecule has 2 aromatic carbocycles. The minimum absolute atomic E-state index is 0.0353. The summed E-state index contributed by atoms with van der Waals surface area (Å²) in [4.78, 5) is 20.5. The van der Waals surface area contributed by atoms with Gasteiger partial charge in [-0.1, -0.05) is 30.3 Å². The second-order valence-corrected chi connectivity index (χ2v) is 8.12. The van der Waals surface area contributed by atoms with Crippen LogP contribution in [0.3, 0.4) is 0 Å². The molecule has 1 saturated heterocycles. The van der Waals surface area contributed by atoms with Crippen LogP contribution in [0.2, 0.25) is 0 Å². The van der Waals surface area contributed by atoms with Gasteiger partial charge >= 0.3 is 0 Å². The number of hydrogen-bond donors (Lipinski definition) is 0. The van der Waals surface area contributed by atoms with E-state index in [0.29, 0.717) is 10.1 Å². The molecule has 1 amide bonds. The third kappa shape index (κ3) is 3.88. The summed E-state index contributed by atoms with van der Waals surface area (Å²) in [5, 5.41) is 2.78. The van der Waals surface area contributed by atoms with Crippen molar-refractivity contribution in [2.24, 2.45) is 4.99 Å². The average Bonchev–Trinajstić information content (AvgIpc) is 3.30. The molecule has 140 valence electrons. The first-order valence-corrected chi connectivity index (χ1v) is 10.4. The fourth-order valence-electron chi connectivity index (χ4n) is 2.76. The number of nitrogens with zero attached hydrogens (tertiary/aromatic N) is 2. The summed E-state index contributed by atoms with van der Waals surface area (Å²) in [7, 11) is 3.38. The van der Waals surface area contributed by atoms with Gasteiger partial charge in [-0.15, -0.1) is 11.3 Å². The molecular weight excluding hydrogens is 388 g/mol. The van der Waals surface area contributed by atoms with Gasteiger partial charge in [-0.05, 0) is 64.7 Å². The van der Waals surface area contributed by atoms with Crippen LogP contribution in [0.5, 0.6) is 5.75 Å². The summed E-state index contributed by atoms with van der Waals surface area (Å²) < 4.78 is 5.17. The van der Waals surface area contributed by atoms with E-state index >= 15 is 0 Å². The van der Waals surface area contributed by atoms with Crippen molar-refractivity contribution < 1.29 is 9.53 Å². The van der Waals surface area contributed by atoms with Crippen molar-refractivity contribution in [1.29, 1.82) is 0 Å². The van der Waals surface area contributed by atoms with Crippen LogP contribution in [0.4, 0.5) is 5.69 Å². The van der Waals surface area contributed by atoms with Crippen LogP contribution in [-0.4, -0.2) is 30.1 Å². The maximum Gasteiger partial charge on any atom is 0.266 e. The first-order valence-electron chi connectivity index (χ1n) is 8.68. The second kappa shape index (κ2) is 8.04. The van der Waals surface area contributed by atoms with Crippen molar-refractivity contribution >= 4 is 45.9 Å². The molecule has 4 rings (SSSR count). The van der Waals surface area contributed by atoms with E-state index in [0.717, 1.165) is 21.9 Å². The lowest BCUT2D eigenvalue weighted by Gasteiger charge is -2.07. The van der Waals surface area contributed by atoms with Crippen LogP contribution in [0.15, 0.2) is 75.9 Å². The number of aliphatic imine (C=N–C) groups is 1. The van der Waals surface area contributed by atoms with Gasteiger partial charge in [0.1, 0.15) is 5.75 Å². The van der Waals surface area contributed by atoms with Gasteiger partial charge in [0, 0.05) is 11.9 Å². The van der Waals surface area contributed by atoms with Gasteiger partial charge in [-0.3, -0.25) is 9.69 Å². The van der Waals surface area contributed by atoms with Crippen molar-refractivity contribution in [2.75, 3.05) is 14.2 Å². The van der Waals surface area contributed by atoms with E-state index in [4.69, 9.17) is 4.74 Å². The Morgan fingerprint density at radius 2 is 1.79 bits per heavy atom. The third-order valence-electron chi connectivity index (χ3n) is 4.30. The standard InChI is InChI=1S/C22H18N2O2S2/c1-24-21(25)20(28-22(24)23-17-8-10-18(26-2)11-9-17)13-19-12-16(14-27-19)15-6-4-3-5-7-15/h3-14H,1-2H3/b20-13-,23-22?. The summed E-state index contributed by atoms with van der Waals surface area (Å²) in [6.07, 6.45) is 1.94. The summed E-state index contributed by atoms with van der Waals surface area (Å²) >= 11 is 3.02. The minimum Gasteiger partial charge on any atom is -0.497 e. The number of methoxy groups -OCH3 is 1. The van der Waals surface area contributed by atoms with E-state index in [2.05, 4.69) is 28.6 Å². The predicted octanol–water partition coefficient (Wildman–Crippen LogP) is 5.66. The van der Waals surface area contributed by atoms with E-state index in [9.17, 15) is 4.79 Å². The number of likely N-dealkylation sites (N-methyl/N-ethyl adjacent to an activating group) is 1. The summed E-state index contributed by atoms with van der Waals surface area (Å²) in [6.45, 7) is 0. The molecule has 0 N–H and O–H groups in total. The summed E-state index contributed by atoms with van der Waals surface area (Å²) in [5.41, 5.74) is 3.12. The molecule has 4 nitrogen and oxygen atoms in total. The molecule has 1 fully saturated rings. The Bertz CT molecular complexity index is 1050. The number of carbonyl (C=O) groups is 1. The van der Waals surface area contributed by atoms with E-state index < -0.39 is 0 Å². The number of ether oxygens (including phenoxy) is 1. The molecule has 1 aliphatic heterocycles. The molecule has 0 atom stereocenters. The monoisotopic (exact) mass is 406 g/mol. The second-order valence-electron chi connectivity index (χ2n) is 6.17. The molecule has 0 spiro atoms. The summed E-state index contributed by atoms with van der Waals surface area (Å²) in [6, 6.07) is 19.8. The zero-order valence-corrected chi connectivity index (χ0v) is 17.1. The number of benzene rings is 2. The topological polar surface area (TPSA) is 41.9 Å². The van der Waals surface area contributed by atoms with Gasteiger partial charge in [0.15, 0.2) is 5.17 Å². The first-order chi connectivity index (χ1) is 13.6. The van der Waals surface area contributed by atoms with Gasteiger partial charge < -0.3 is 4.74 Å². The van der Waals surface area contributed by atoms with Crippen LogP contribution in [0.25, 0.3) is 17.2 Å². The molecule has 0 aliphatic carbocycles. The molecule has 0 radical (unpaired) electrons. The number of amidine groups is 1. The predicted molar refractivity (Wildman–Crippen MR) is 118 cm³/mol. The van der Waals surface area contributed by atoms with E-state index in [1.165, 1.54) is 17.3 Å². The van der Waals surface area contributed by atoms with Crippen molar-refractivity contribution in [3.05, 3.63) is 75.8 Å².